The van der Waals surface area contributed by atoms with Crippen LogP contribution < -0.4 is 9.62 Å². The van der Waals surface area contributed by atoms with Crippen molar-refractivity contribution in [3.05, 3.63) is 93.5 Å². The Bertz CT molecular complexity index is 1350. The summed E-state index contributed by atoms with van der Waals surface area (Å²) in [7, 11) is -2.58. The summed E-state index contributed by atoms with van der Waals surface area (Å²) in [4.78, 5) is 27.8. The van der Waals surface area contributed by atoms with Crippen LogP contribution in [-0.4, -0.2) is 44.8 Å². The van der Waals surface area contributed by atoms with E-state index in [4.69, 9.17) is 0 Å². The van der Waals surface area contributed by atoms with Crippen LogP contribution in [0.4, 0.5) is 5.69 Å². The lowest BCUT2D eigenvalue weighted by molar-refractivity contribution is -0.139. The standard InChI is InChI=1S/C28H32BrN3O4S/c1-19-6-12-26(13-7-19)37(35,36)32(25-15-20(2)14-21(3)16-25)18-27(33)31(22(4)28(34)30-5)17-23-8-10-24(29)11-9-23/h6-16,22H,17-18H2,1-5H3,(H,30,34)/t22-/m0/s1. The van der Waals surface area contributed by atoms with Crippen LogP contribution in [0.25, 0.3) is 0 Å². The van der Waals surface area contributed by atoms with Crippen LogP contribution >= 0.6 is 15.9 Å². The van der Waals surface area contributed by atoms with Gasteiger partial charge in [0.1, 0.15) is 12.6 Å². The molecule has 0 saturated heterocycles. The lowest BCUT2D eigenvalue weighted by Crippen LogP contribution is -2.50. The third kappa shape index (κ3) is 6.99. The summed E-state index contributed by atoms with van der Waals surface area (Å²) < 4.78 is 29.7. The molecule has 1 N–H and O–H groups in total. The van der Waals surface area contributed by atoms with E-state index in [1.807, 2.05) is 51.1 Å². The van der Waals surface area contributed by atoms with Gasteiger partial charge in [0.15, 0.2) is 0 Å². The van der Waals surface area contributed by atoms with E-state index in [0.717, 1.165) is 31.0 Å². The van der Waals surface area contributed by atoms with E-state index in [1.165, 1.54) is 24.1 Å². The van der Waals surface area contributed by atoms with E-state index in [9.17, 15) is 18.0 Å². The molecule has 0 unspecified atom stereocenters. The van der Waals surface area contributed by atoms with E-state index in [1.54, 1.807) is 31.2 Å². The number of hydrogen-bond acceptors (Lipinski definition) is 4. The van der Waals surface area contributed by atoms with Gasteiger partial charge in [-0.15, -0.1) is 0 Å². The van der Waals surface area contributed by atoms with Crippen molar-refractivity contribution in [3.63, 3.8) is 0 Å². The third-order valence-corrected chi connectivity index (χ3v) is 8.38. The number of halogens is 1. The molecule has 3 rings (SSSR count). The highest BCUT2D eigenvalue weighted by atomic mass is 79.9. The van der Waals surface area contributed by atoms with Crippen molar-refractivity contribution in [2.24, 2.45) is 0 Å². The largest absolute Gasteiger partial charge is 0.357 e. The van der Waals surface area contributed by atoms with Gasteiger partial charge in [-0.2, -0.15) is 0 Å². The number of carbonyl (C=O) groups excluding carboxylic acids is 2. The first-order valence-electron chi connectivity index (χ1n) is 11.9. The Morgan fingerprint density at radius 1 is 0.892 bits per heavy atom. The molecule has 37 heavy (non-hydrogen) atoms. The highest BCUT2D eigenvalue weighted by molar-refractivity contribution is 9.10. The maximum Gasteiger partial charge on any atom is 0.264 e. The molecule has 1 atom stereocenters. The molecule has 196 valence electrons. The molecule has 0 aromatic heterocycles. The maximum atomic E-state index is 13.9. The number of anilines is 1. The fourth-order valence-electron chi connectivity index (χ4n) is 4.04. The van der Waals surface area contributed by atoms with Gasteiger partial charge in [-0.1, -0.05) is 51.8 Å². The van der Waals surface area contributed by atoms with E-state index in [0.29, 0.717) is 5.69 Å². The normalized spacial score (nSPS) is 12.1. The Hall–Kier alpha value is -3.17. The van der Waals surface area contributed by atoms with Crippen molar-refractivity contribution >= 4 is 43.5 Å². The van der Waals surface area contributed by atoms with Gasteiger partial charge < -0.3 is 10.2 Å². The van der Waals surface area contributed by atoms with Crippen LogP contribution in [0.5, 0.6) is 0 Å². The second-order valence-corrected chi connectivity index (χ2v) is 11.9. The maximum absolute atomic E-state index is 13.9. The zero-order chi connectivity index (χ0) is 27.3. The van der Waals surface area contributed by atoms with Crippen LogP contribution in [0.2, 0.25) is 0 Å². The smallest absolute Gasteiger partial charge is 0.264 e. The van der Waals surface area contributed by atoms with Gasteiger partial charge in [-0.25, -0.2) is 8.42 Å². The number of likely N-dealkylation sites (N-methyl/N-ethyl adjacent to an activating group) is 1. The summed E-state index contributed by atoms with van der Waals surface area (Å²) in [6.07, 6.45) is 0. The van der Waals surface area contributed by atoms with E-state index in [-0.39, 0.29) is 17.3 Å². The van der Waals surface area contributed by atoms with Crippen LogP contribution in [0.1, 0.15) is 29.2 Å². The molecule has 3 aromatic carbocycles. The lowest BCUT2D eigenvalue weighted by Gasteiger charge is -2.32. The Morgan fingerprint density at radius 2 is 1.46 bits per heavy atom. The van der Waals surface area contributed by atoms with Crippen molar-refractivity contribution in [2.45, 2.75) is 45.2 Å². The number of rotatable bonds is 9. The predicted octanol–water partition coefficient (Wildman–Crippen LogP) is 4.73. The quantitative estimate of drug-likeness (QED) is 0.393. The molecule has 0 aliphatic heterocycles. The Labute approximate surface area is 227 Å². The molecule has 0 bridgehead atoms. The SMILES string of the molecule is CNC(=O)[C@H](C)N(Cc1ccc(Br)cc1)C(=O)CN(c1cc(C)cc(C)c1)S(=O)(=O)c1ccc(C)cc1. The van der Waals surface area contributed by atoms with Crippen LogP contribution in [0.15, 0.2) is 76.1 Å². The second-order valence-electron chi connectivity index (χ2n) is 9.11. The zero-order valence-electron chi connectivity index (χ0n) is 21.7. The van der Waals surface area contributed by atoms with Gasteiger partial charge in [-0.3, -0.25) is 13.9 Å². The fraction of sp³-hybridized carbons (Fsp3) is 0.286. The zero-order valence-corrected chi connectivity index (χ0v) is 24.1. The summed E-state index contributed by atoms with van der Waals surface area (Å²) in [6.45, 7) is 6.95. The van der Waals surface area contributed by atoms with Crippen LogP contribution in [0.3, 0.4) is 0 Å². The highest BCUT2D eigenvalue weighted by Crippen LogP contribution is 2.27. The summed E-state index contributed by atoms with van der Waals surface area (Å²) in [5, 5.41) is 2.58. The summed E-state index contributed by atoms with van der Waals surface area (Å²) >= 11 is 3.40. The number of sulfonamides is 1. The molecular weight excluding hydrogens is 554 g/mol. The summed E-state index contributed by atoms with van der Waals surface area (Å²) in [5.41, 5.74) is 3.87. The molecular formula is C28H32BrN3O4S. The first kappa shape index (κ1) is 28.4. The Balaban J connectivity index is 2.06. The first-order valence-corrected chi connectivity index (χ1v) is 14.1. The van der Waals surface area contributed by atoms with Gasteiger partial charge in [0.05, 0.1) is 10.6 Å². The number of nitrogens with zero attached hydrogens (tertiary/aromatic N) is 2. The number of benzene rings is 3. The summed E-state index contributed by atoms with van der Waals surface area (Å²) in [6, 6.07) is 18.6. The van der Waals surface area contributed by atoms with Crippen molar-refractivity contribution in [1.29, 1.82) is 0 Å². The monoisotopic (exact) mass is 585 g/mol. The number of aryl methyl sites for hydroxylation is 3. The van der Waals surface area contributed by atoms with Gasteiger partial charge in [0.2, 0.25) is 11.8 Å². The molecule has 0 radical (unpaired) electrons. The molecule has 0 aliphatic carbocycles. The first-order chi connectivity index (χ1) is 17.4. The molecule has 0 heterocycles. The minimum Gasteiger partial charge on any atom is -0.357 e. The van der Waals surface area contributed by atoms with Gasteiger partial charge in [-0.05, 0) is 80.8 Å². The molecule has 7 nitrogen and oxygen atoms in total. The molecule has 3 aromatic rings. The Kier molecular flexibility index (Phi) is 9.15. The molecule has 2 amide bonds. The number of carbonyl (C=O) groups is 2. The molecule has 0 saturated carbocycles. The van der Waals surface area contributed by atoms with E-state index >= 15 is 0 Å². The summed E-state index contributed by atoms with van der Waals surface area (Å²) in [5.74, 6) is -0.835. The minimum absolute atomic E-state index is 0.0869. The fourth-order valence-corrected chi connectivity index (χ4v) is 5.70. The van der Waals surface area contributed by atoms with E-state index < -0.39 is 28.5 Å². The highest BCUT2D eigenvalue weighted by Gasteiger charge is 2.32. The molecule has 0 aliphatic rings. The number of amides is 2. The molecule has 0 fully saturated rings. The third-order valence-electron chi connectivity index (χ3n) is 6.06. The van der Waals surface area contributed by atoms with Gasteiger partial charge >= 0.3 is 0 Å². The topological polar surface area (TPSA) is 86.8 Å². The minimum atomic E-state index is -4.08. The predicted molar refractivity (Wildman–Crippen MR) is 150 cm³/mol. The van der Waals surface area contributed by atoms with Crippen LogP contribution in [0, 0.1) is 20.8 Å². The van der Waals surface area contributed by atoms with Gasteiger partial charge in [0.25, 0.3) is 10.0 Å². The van der Waals surface area contributed by atoms with Crippen molar-refractivity contribution in [2.75, 3.05) is 17.9 Å². The van der Waals surface area contributed by atoms with E-state index in [2.05, 4.69) is 21.2 Å². The van der Waals surface area contributed by atoms with Crippen molar-refractivity contribution in [3.8, 4) is 0 Å². The number of hydrogen-bond donors (Lipinski definition) is 1. The second kappa shape index (κ2) is 11.9. The molecule has 0 spiro atoms. The van der Waals surface area contributed by atoms with Crippen LogP contribution in [-0.2, 0) is 26.2 Å². The average Bonchev–Trinajstić information content (AvgIpc) is 2.85. The average molecular weight is 587 g/mol. The van der Waals surface area contributed by atoms with Gasteiger partial charge in [0, 0.05) is 18.1 Å². The van der Waals surface area contributed by atoms with Crippen molar-refractivity contribution < 1.29 is 18.0 Å². The Morgan fingerprint density at radius 3 is 2.00 bits per heavy atom. The molecule has 9 heteroatoms. The lowest BCUT2D eigenvalue weighted by atomic mass is 10.1. The number of nitrogens with one attached hydrogen (secondary N) is 1. The van der Waals surface area contributed by atoms with Crippen molar-refractivity contribution in [1.82, 2.24) is 10.2 Å².